The number of amides is 4. The minimum Gasteiger partial charge on any atom is -0.370 e. The normalized spacial score (nSPS) is 15.0. The molecule has 4 aliphatic heterocycles. The van der Waals surface area contributed by atoms with Gasteiger partial charge in [0.15, 0.2) is 22.8 Å². The molecule has 4 amide bonds. The molecule has 12 heterocycles. The van der Waals surface area contributed by atoms with Crippen LogP contribution >= 0.6 is 0 Å². The summed E-state index contributed by atoms with van der Waals surface area (Å²) in [6.07, 6.45) is 20.4. The second kappa shape index (κ2) is 37.1. The largest absolute Gasteiger partial charge is 0.370 e. The van der Waals surface area contributed by atoms with Crippen LogP contribution in [-0.4, -0.2) is 158 Å². The predicted molar refractivity (Wildman–Crippen MR) is 477 cm³/mol. The Labute approximate surface area is 711 Å². The number of aromatic nitrogens is 12. The van der Waals surface area contributed by atoms with E-state index in [1.807, 2.05) is 236 Å². The van der Waals surface area contributed by atoms with Crippen molar-refractivity contribution < 1.29 is 36.7 Å². The molecular formula is C96H88F4N20O4. The Kier molecular flexibility index (Phi) is 24.5. The number of alkyl halides is 4. The Morgan fingerprint density at radius 3 is 0.919 bits per heavy atom. The molecule has 0 aliphatic carbocycles. The van der Waals surface area contributed by atoms with Gasteiger partial charge in [0.2, 0.25) is 0 Å². The maximum Gasteiger partial charge on any atom is 0.276 e. The zero-order chi connectivity index (χ0) is 84.9. The summed E-state index contributed by atoms with van der Waals surface area (Å²) in [5.74, 6) is -6.23. The van der Waals surface area contributed by atoms with Crippen molar-refractivity contribution in [1.29, 1.82) is 0 Å². The molecule has 0 unspecified atom stereocenters. The van der Waals surface area contributed by atoms with Crippen LogP contribution in [0.15, 0.2) is 268 Å². The molecule has 4 saturated heterocycles. The van der Waals surface area contributed by atoms with Gasteiger partial charge in [0, 0.05) is 182 Å². The number of para-hydroxylation sites is 4. The predicted octanol–water partition coefficient (Wildman–Crippen LogP) is 19.2. The van der Waals surface area contributed by atoms with Crippen LogP contribution in [-0.2, 0) is 13.1 Å². The first-order chi connectivity index (χ1) is 60.5. The fourth-order valence-corrected chi connectivity index (χ4v) is 15.9. The smallest absolute Gasteiger partial charge is 0.276 e. The lowest BCUT2D eigenvalue weighted by atomic mass is 10.0. The zero-order valence-corrected chi connectivity index (χ0v) is 67.6. The van der Waals surface area contributed by atoms with E-state index in [-0.39, 0.29) is 49.4 Å². The molecule has 8 aromatic heterocycles. The van der Waals surface area contributed by atoms with Crippen LogP contribution in [0.2, 0.25) is 0 Å². The van der Waals surface area contributed by atoms with Gasteiger partial charge in [-0.1, -0.05) is 97.1 Å². The van der Waals surface area contributed by atoms with E-state index >= 15 is 0 Å². The quantitative estimate of drug-likeness (QED) is 0.0370. The SMILES string of the molecule is O=C(Nc1ccccc1)c1n[nH]c2ccc(-c3cncc(CN4CCC(F)(F)C4)c3)cc12.O=C(Nc1ccccc1)c1n[nH]c2ccc(-c3cncc(CN4CCC(F)(F)CC4)c3)cc12.O=C(Nc1ccccc1)c1n[nH]c2ccc(-c3cncc(N4CCCC4)c3)cc12.O=C(Nc1ccccc1)c1n[nH]c2ccc(-c3cncc(N4CCCCC4)c3)cc12. The summed E-state index contributed by atoms with van der Waals surface area (Å²) in [6.45, 7) is 6.22. The van der Waals surface area contributed by atoms with Crippen molar-refractivity contribution >= 4 is 101 Å². The third-order valence-corrected chi connectivity index (χ3v) is 22.5. The van der Waals surface area contributed by atoms with Gasteiger partial charge in [-0.15, -0.1) is 0 Å². The van der Waals surface area contributed by atoms with Crippen LogP contribution in [0.1, 0.15) is 104 Å². The summed E-state index contributed by atoms with van der Waals surface area (Å²) in [6, 6.07) is 69.0. The number of benzene rings is 8. The molecule has 0 bridgehead atoms. The van der Waals surface area contributed by atoms with E-state index in [9.17, 15) is 36.7 Å². The third kappa shape index (κ3) is 19.8. The van der Waals surface area contributed by atoms with Crippen LogP contribution in [0, 0.1) is 0 Å². The number of H-pyrrole nitrogens is 4. The fourth-order valence-electron chi connectivity index (χ4n) is 15.9. The average molecular weight is 1660 g/mol. The Morgan fingerprint density at radius 2 is 0.597 bits per heavy atom. The number of halogens is 4. The van der Waals surface area contributed by atoms with Crippen LogP contribution in [0.5, 0.6) is 0 Å². The number of fused-ring (bicyclic) bond motifs is 4. The monoisotopic (exact) mass is 1660 g/mol. The van der Waals surface area contributed by atoms with Gasteiger partial charge in [0.05, 0.1) is 52.4 Å². The number of aromatic amines is 4. The Balaban J connectivity index is 0.000000117. The van der Waals surface area contributed by atoms with Gasteiger partial charge in [0.25, 0.3) is 35.5 Å². The number of carbonyl (C=O) groups is 4. The van der Waals surface area contributed by atoms with Gasteiger partial charge in [0.1, 0.15) is 0 Å². The van der Waals surface area contributed by atoms with Gasteiger partial charge < -0.3 is 31.1 Å². The van der Waals surface area contributed by atoms with Crippen molar-refractivity contribution in [3.8, 4) is 44.5 Å². The molecule has 16 aromatic rings. The first-order valence-corrected chi connectivity index (χ1v) is 41.4. The zero-order valence-electron chi connectivity index (χ0n) is 67.6. The highest BCUT2D eigenvalue weighted by molar-refractivity contribution is 6.14. The van der Waals surface area contributed by atoms with Crippen molar-refractivity contribution in [2.75, 3.05) is 83.4 Å². The molecule has 4 fully saturated rings. The van der Waals surface area contributed by atoms with Gasteiger partial charge >= 0.3 is 0 Å². The maximum absolute atomic E-state index is 13.5. The summed E-state index contributed by atoms with van der Waals surface area (Å²) in [5.41, 5.74) is 19.2. The molecule has 624 valence electrons. The van der Waals surface area contributed by atoms with E-state index in [1.54, 1.807) is 29.7 Å². The maximum atomic E-state index is 13.5. The molecule has 4 aliphatic rings. The number of likely N-dealkylation sites (tertiary alicyclic amines) is 2. The Hall–Kier alpha value is -14.6. The van der Waals surface area contributed by atoms with E-state index < -0.39 is 11.8 Å². The number of rotatable bonds is 18. The molecule has 0 atom stereocenters. The summed E-state index contributed by atoms with van der Waals surface area (Å²) in [7, 11) is 0. The molecule has 8 N–H and O–H groups in total. The minimum atomic E-state index is -2.62. The fraction of sp³-hybridized carbons (Fsp3) is 0.208. The Morgan fingerprint density at radius 1 is 0.306 bits per heavy atom. The number of nitrogens with one attached hydrogen (secondary N) is 8. The number of pyridine rings is 4. The molecule has 20 rings (SSSR count). The molecule has 124 heavy (non-hydrogen) atoms. The molecule has 28 heteroatoms. The molecular weight excluding hydrogens is 1570 g/mol. The van der Waals surface area contributed by atoms with E-state index in [4.69, 9.17) is 0 Å². The van der Waals surface area contributed by atoms with Crippen LogP contribution < -0.4 is 31.1 Å². The number of hydrogen-bond donors (Lipinski definition) is 8. The number of carbonyl (C=O) groups excluding carboxylic acids is 4. The van der Waals surface area contributed by atoms with Crippen molar-refractivity contribution in [3.05, 3.63) is 302 Å². The number of anilines is 6. The summed E-state index contributed by atoms with van der Waals surface area (Å²) in [5, 5.41) is 43.2. The van der Waals surface area contributed by atoms with Gasteiger partial charge in [-0.25, -0.2) is 17.6 Å². The topological polar surface area (TPSA) is 296 Å². The second-order valence-corrected chi connectivity index (χ2v) is 31.3. The van der Waals surface area contributed by atoms with Crippen LogP contribution in [0.25, 0.3) is 88.1 Å². The Bertz CT molecular complexity index is 6450. The highest BCUT2D eigenvalue weighted by atomic mass is 19.3. The van der Waals surface area contributed by atoms with E-state index in [0.29, 0.717) is 77.6 Å². The minimum absolute atomic E-state index is 0.106. The first-order valence-electron chi connectivity index (χ1n) is 41.4. The molecule has 0 saturated carbocycles. The van der Waals surface area contributed by atoms with E-state index in [2.05, 4.69) is 104 Å². The van der Waals surface area contributed by atoms with Gasteiger partial charge in [-0.2, -0.15) is 20.4 Å². The van der Waals surface area contributed by atoms with Crippen molar-refractivity contribution in [2.45, 2.75) is 76.3 Å². The van der Waals surface area contributed by atoms with Crippen molar-refractivity contribution in [2.24, 2.45) is 0 Å². The van der Waals surface area contributed by atoms with Crippen LogP contribution in [0.4, 0.5) is 51.7 Å². The van der Waals surface area contributed by atoms with Crippen molar-refractivity contribution in [3.63, 3.8) is 0 Å². The van der Waals surface area contributed by atoms with E-state index in [1.165, 1.54) is 32.1 Å². The van der Waals surface area contributed by atoms with E-state index in [0.717, 1.165) is 137 Å². The number of nitrogens with zero attached hydrogens (tertiary/aromatic N) is 12. The summed E-state index contributed by atoms with van der Waals surface area (Å²) >= 11 is 0. The highest BCUT2D eigenvalue weighted by Gasteiger charge is 2.38. The van der Waals surface area contributed by atoms with Crippen molar-refractivity contribution in [1.82, 2.24) is 70.5 Å². The standard InChI is InChI=1S/C25H23F2N5O.C24H21F2N5O.C24H23N5O.C23H21N5O/c26-25(27)8-10-32(11-9-25)16-17-12-19(15-28-14-17)18-6-7-22-21(13-18)23(31-30-22)24(33)29-20-4-2-1-3-5-20;25-24(26)8-9-31(15-24)14-16-10-18(13-27-12-16)17-6-7-21-20(11-17)22(30-29-21)23(32)28-19-4-2-1-3-5-19;30-24(26-19-7-3-1-4-8-19)23-21-14-17(9-10-22(21)27-28-23)18-13-20(16-25-15-18)29-11-5-2-6-12-29;29-23(25-18-6-2-1-3-7-18)22-20-13-16(8-9-21(20)26-27-22)17-12-19(15-24-14-17)28-10-4-5-11-28/h1-7,12-15H,8-11,16H2,(H,29,33)(H,30,31);1-7,10-13H,8-9,14-15H2,(H,28,32)(H,29,30);1,3-4,7-10,13-16H,2,5-6,11-12H2,(H,26,30)(H,27,28);1-3,6-9,12-15H,4-5,10-11H2,(H,25,29)(H,26,27). The second-order valence-electron chi connectivity index (χ2n) is 31.3. The highest BCUT2D eigenvalue weighted by Crippen LogP contribution is 2.36. The van der Waals surface area contributed by atoms with Gasteiger partial charge in [-0.3, -0.25) is 69.3 Å². The number of hydrogen-bond acceptors (Lipinski definition) is 16. The summed E-state index contributed by atoms with van der Waals surface area (Å²) < 4.78 is 53.9. The summed E-state index contributed by atoms with van der Waals surface area (Å²) in [4.78, 5) is 77.2. The lowest BCUT2D eigenvalue weighted by molar-refractivity contribution is -0.0566. The average Bonchev–Trinajstić information content (AvgIpc) is 1.65. The lowest BCUT2D eigenvalue weighted by Crippen LogP contribution is -2.38. The van der Waals surface area contributed by atoms with Crippen LogP contribution in [0.3, 0.4) is 0 Å². The lowest BCUT2D eigenvalue weighted by Gasteiger charge is -2.31. The van der Waals surface area contributed by atoms with Gasteiger partial charge in [-0.05, 0) is 187 Å². The number of piperidine rings is 2. The molecule has 0 radical (unpaired) electrons. The third-order valence-electron chi connectivity index (χ3n) is 22.5. The molecule has 0 spiro atoms. The first kappa shape index (κ1) is 81.7. The molecule has 24 nitrogen and oxygen atoms in total. The molecule has 8 aromatic carbocycles.